The van der Waals surface area contributed by atoms with Crippen LogP contribution in [0.2, 0.25) is 0 Å². The van der Waals surface area contributed by atoms with E-state index in [0.29, 0.717) is 5.92 Å². The maximum atomic E-state index is 12.3. The van der Waals surface area contributed by atoms with Crippen LogP contribution in [0.15, 0.2) is 0 Å². The van der Waals surface area contributed by atoms with Crippen molar-refractivity contribution in [1.29, 1.82) is 0 Å². The van der Waals surface area contributed by atoms with Crippen LogP contribution < -0.4 is 5.32 Å². The lowest BCUT2D eigenvalue weighted by Crippen LogP contribution is -2.45. The van der Waals surface area contributed by atoms with Gasteiger partial charge in [0.1, 0.15) is 6.04 Å². The smallest absolute Gasteiger partial charge is 0.325 e. The predicted octanol–water partition coefficient (Wildman–Crippen LogP) is 2.04. The normalized spacial score (nSPS) is 31.5. The maximum absolute atomic E-state index is 12.3. The highest BCUT2D eigenvalue weighted by molar-refractivity contribution is 6.04. The molecule has 17 heavy (non-hydrogen) atoms. The summed E-state index contributed by atoms with van der Waals surface area (Å²) in [6, 6.07) is -0.172. The number of amides is 3. The Morgan fingerprint density at radius 2 is 1.65 bits per heavy atom. The SMILES string of the molecule is O=C1NC(C2CCCCC2)C(=O)N1C1CCC1. The van der Waals surface area contributed by atoms with Crippen molar-refractivity contribution >= 4 is 11.9 Å². The van der Waals surface area contributed by atoms with E-state index >= 15 is 0 Å². The molecule has 2 saturated carbocycles. The molecule has 1 heterocycles. The molecule has 1 atom stereocenters. The largest absolute Gasteiger partial charge is 0.326 e. The van der Waals surface area contributed by atoms with Gasteiger partial charge in [-0.3, -0.25) is 9.69 Å². The molecule has 1 saturated heterocycles. The second-order valence-electron chi connectivity index (χ2n) is 5.62. The Bertz CT molecular complexity index is 332. The number of hydrogen-bond acceptors (Lipinski definition) is 2. The Morgan fingerprint density at radius 3 is 2.24 bits per heavy atom. The topological polar surface area (TPSA) is 49.4 Å². The van der Waals surface area contributed by atoms with Crippen molar-refractivity contribution in [3.05, 3.63) is 0 Å². The number of carbonyl (C=O) groups excluding carboxylic acids is 2. The standard InChI is InChI=1S/C13H20N2O2/c16-12-11(9-5-2-1-3-6-9)14-13(17)15(12)10-7-4-8-10/h9-11H,1-8H2,(H,14,17). The van der Waals surface area contributed by atoms with Crippen LogP contribution in [0.5, 0.6) is 0 Å². The average molecular weight is 236 g/mol. The van der Waals surface area contributed by atoms with E-state index in [-0.39, 0.29) is 24.0 Å². The minimum absolute atomic E-state index is 0.0478. The van der Waals surface area contributed by atoms with Gasteiger partial charge in [0.25, 0.3) is 5.91 Å². The van der Waals surface area contributed by atoms with Gasteiger partial charge in [0.2, 0.25) is 0 Å². The van der Waals surface area contributed by atoms with Crippen LogP contribution in [0.4, 0.5) is 4.79 Å². The van der Waals surface area contributed by atoms with Crippen LogP contribution in [0.25, 0.3) is 0 Å². The second-order valence-corrected chi connectivity index (χ2v) is 5.62. The molecule has 0 aromatic carbocycles. The summed E-state index contributed by atoms with van der Waals surface area (Å²) in [5.74, 6) is 0.428. The van der Waals surface area contributed by atoms with Crippen LogP contribution in [0, 0.1) is 5.92 Å². The maximum Gasteiger partial charge on any atom is 0.325 e. The third-order valence-electron chi connectivity index (χ3n) is 4.56. The van der Waals surface area contributed by atoms with Crippen LogP contribution in [0.1, 0.15) is 51.4 Å². The van der Waals surface area contributed by atoms with E-state index in [0.717, 1.165) is 32.1 Å². The Labute approximate surface area is 102 Å². The highest BCUT2D eigenvalue weighted by Crippen LogP contribution is 2.33. The highest BCUT2D eigenvalue weighted by Gasteiger charge is 2.46. The first-order chi connectivity index (χ1) is 8.27. The lowest BCUT2D eigenvalue weighted by atomic mass is 9.83. The van der Waals surface area contributed by atoms with Crippen LogP contribution >= 0.6 is 0 Å². The Kier molecular flexibility index (Phi) is 2.81. The number of carbonyl (C=O) groups is 2. The van der Waals surface area contributed by atoms with Crippen molar-refractivity contribution in [2.45, 2.75) is 63.5 Å². The monoisotopic (exact) mass is 236 g/mol. The first-order valence-corrected chi connectivity index (χ1v) is 6.91. The molecular weight excluding hydrogens is 216 g/mol. The van der Waals surface area contributed by atoms with Gasteiger partial charge in [-0.15, -0.1) is 0 Å². The van der Waals surface area contributed by atoms with E-state index in [2.05, 4.69) is 5.32 Å². The van der Waals surface area contributed by atoms with Crippen molar-refractivity contribution in [3.8, 4) is 0 Å². The van der Waals surface area contributed by atoms with Crippen molar-refractivity contribution in [1.82, 2.24) is 10.2 Å². The first kappa shape index (κ1) is 11.1. The van der Waals surface area contributed by atoms with Gasteiger partial charge in [-0.2, -0.15) is 0 Å². The molecule has 3 fully saturated rings. The third kappa shape index (κ3) is 1.83. The molecule has 0 aromatic rings. The van der Waals surface area contributed by atoms with Gasteiger partial charge in [0, 0.05) is 6.04 Å². The number of hydrogen-bond donors (Lipinski definition) is 1. The lowest BCUT2D eigenvalue weighted by Gasteiger charge is -2.32. The highest BCUT2D eigenvalue weighted by atomic mass is 16.2. The molecule has 0 bridgehead atoms. The fraction of sp³-hybridized carbons (Fsp3) is 0.846. The summed E-state index contributed by atoms with van der Waals surface area (Å²) in [6.07, 6.45) is 9.01. The minimum Gasteiger partial charge on any atom is -0.326 e. The minimum atomic E-state index is -0.219. The van der Waals surface area contributed by atoms with E-state index in [1.807, 2.05) is 0 Å². The molecule has 1 unspecified atom stereocenters. The Morgan fingerprint density at radius 1 is 0.941 bits per heavy atom. The van der Waals surface area contributed by atoms with Gasteiger partial charge in [0.15, 0.2) is 0 Å². The summed E-state index contributed by atoms with van der Waals surface area (Å²) in [6.45, 7) is 0. The zero-order chi connectivity index (χ0) is 11.8. The zero-order valence-corrected chi connectivity index (χ0v) is 10.2. The molecule has 4 nitrogen and oxygen atoms in total. The van der Waals surface area contributed by atoms with E-state index in [9.17, 15) is 9.59 Å². The van der Waals surface area contributed by atoms with Crippen molar-refractivity contribution in [2.24, 2.45) is 5.92 Å². The number of imide groups is 1. The average Bonchev–Trinajstić information content (AvgIpc) is 2.56. The Balaban J connectivity index is 1.70. The van der Waals surface area contributed by atoms with Gasteiger partial charge >= 0.3 is 6.03 Å². The molecule has 4 heteroatoms. The summed E-state index contributed by atoms with van der Waals surface area (Å²) < 4.78 is 0. The second kappa shape index (κ2) is 4.31. The first-order valence-electron chi connectivity index (χ1n) is 6.91. The van der Waals surface area contributed by atoms with Crippen molar-refractivity contribution < 1.29 is 9.59 Å². The number of nitrogens with one attached hydrogen (secondary N) is 1. The summed E-state index contributed by atoms with van der Waals surface area (Å²) in [4.78, 5) is 25.7. The number of nitrogens with zero attached hydrogens (tertiary/aromatic N) is 1. The number of rotatable bonds is 2. The van der Waals surface area contributed by atoms with E-state index in [4.69, 9.17) is 0 Å². The summed E-state index contributed by atoms with van der Waals surface area (Å²) in [7, 11) is 0. The molecule has 0 aromatic heterocycles. The molecule has 1 aliphatic heterocycles. The van der Waals surface area contributed by atoms with Gasteiger partial charge in [-0.1, -0.05) is 19.3 Å². The fourth-order valence-corrected chi connectivity index (χ4v) is 3.29. The lowest BCUT2D eigenvalue weighted by molar-refractivity contribution is -0.131. The van der Waals surface area contributed by atoms with Gasteiger partial charge < -0.3 is 5.32 Å². The van der Waals surface area contributed by atoms with Crippen LogP contribution in [-0.2, 0) is 4.79 Å². The van der Waals surface area contributed by atoms with Gasteiger partial charge in [-0.25, -0.2) is 4.79 Å². The van der Waals surface area contributed by atoms with E-state index < -0.39 is 0 Å². The van der Waals surface area contributed by atoms with Crippen molar-refractivity contribution in [2.75, 3.05) is 0 Å². The van der Waals surface area contributed by atoms with Gasteiger partial charge in [-0.05, 0) is 38.0 Å². The summed E-state index contributed by atoms with van der Waals surface area (Å²) in [5, 5.41) is 2.91. The van der Waals surface area contributed by atoms with Crippen LogP contribution in [0.3, 0.4) is 0 Å². The quantitative estimate of drug-likeness (QED) is 0.746. The zero-order valence-electron chi connectivity index (χ0n) is 10.2. The number of urea groups is 1. The fourth-order valence-electron chi connectivity index (χ4n) is 3.29. The predicted molar refractivity (Wildman–Crippen MR) is 63.4 cm³/mol. The van der Waals surface area contributed by atoms with E-state index in [1.165, 1.54) is 24.2 Å². The molecule has 94 valence electrons. The third-order valence-corrected chi connectivity index (χ3v) is 4.56. The molecule has 0 spiro atoms. The van der Waals surface area contributed by atoms with Crippen LogP contribution in [-0.4, -0.2) is 28.9 Å². The van der Waals surface area contributed by atoms with Gasteiger partial charge in [0.05, 0.1) is 0 Å². The molecule has 0 radical (unpaired) electrons. The van der Waals surface area contributed by atoms with Crippen molar-refractivity contribution in [3.63, 3.8) is 0 Å². The summed E-state index contributed by atoms with van der Waals surface area (Å²) >= 11 is 0. The summed E-state index contributed by atoms with van der Waals surface area (Å²) in [5.41, 5.74) is 0. The molecule has 2 aliphatic carbocycles. The molecule has 3 aliphatic rings. The molecular formula is C13H20N2O2. The Hall–Kier alpha value is -1.06. The molecule has 3 rings (SSSR count). The molecule has 1 N–H and O–H groups in total. The van der Waals surface area contributed by atoms with E-state index in [1.54, 1.807) is 0 Å². The molecule has 3 amide bonds.